The van der Waals surface area contributed by atoms with Gasteiger partial charge in [-0.05, 0) is 30.9 Å². The van der Waals surface area contributed by atoms with Crippen molar-refractivity contribution in [1.82, 2.24) is 31.6 Å². The average molecular weight is 859 g/mol. The highest BCUT2D eigenvalue weighted by Gasteiger charge is 2.34. The van der Waals surface area contributed by atoms with Crippen LogP contribution in [0.1, 0.15) is 53.2 Å². The molecule has 5 N–H and O–H groups in total. The number of methoxy groups -OCH3 is 2. The molecular formula is C42H50F4N6O9. The van der Waals surface area contributed by atoms with E-state index < -0.39 is 120 Å². The van der Waals surface area contributed by atoms with Crippen LogP contribution in [-0.4, -0.2) is 91.5 Å². The van der Waals surface area contributed by atoms with Gasteiger partial charge in [-0.2, -0.15) is 8.78 Å². The molecule has 0 aliphatic carbocycles. The molecule has 1 heterocycles. The minimum atomic E-state index is -1.88. The molecule has 5 atom stereocenters. The Morgan fingerprint density at radius 3 is 1.79 bits per heavy atom. The minimum absolute atomic E-state index is 0.0413. The number of nitrogens with one attached hydrogen (secondary N) is 5. The van der Waals surface area contributed by atoms with Crippen LogP contribution in [0, 0.1) is 35.1 Å². The van der Waals surface area contributed by atoms with E-state index in [1.54, 1.807) is 33.8 Å². The monoisotopic (exact) mass is 858 g/mol. The number of aromatic nitrogens is 1. The molecule has 3 aromatic rings. The summed E-state index contributed by atoms with van der Waals surface area (Å²) in [5, 5.41) is 14.4. The molecule has 0 fully saturated rings. The van der Waals surface area contributed by atoms with E-state index in [9.17, 15) is 46.3 Å². The van der Waals surface area contributed by atoms with E-state index in [0.29, 0.717) is 16.9 Å². The van der Waals surface area contributed by atoms with Crippen molar-refractivity contribution in [2.45, 2.75) is 77.7 Å². The molecule has 0 spiro atoms. The summed E-state index contributed by atoms with van der Waals surface area (Å²) in [7, 11) is 2.13. The second-order valence-electron chi connectivity index (χ2n) is 14.6. The van der Waals surface area contributed by atoms with Crippen molar-refractivity contribution in [3.8, 4) is 5.75 Å². The first-order chi connectivity index (χ1) is 28.7. The predicted molar refractivity (Wildman–Crippen MR) is 215 cm³/mol. The van der Waals surface area contributed by atoms with Gasteiger partial charge >= 0.3 is 11.9 Å². The molecule has 2 aromatic carbocycles. The van der Waals surface area contributed by atoms with Crippen LogP contribution >= 0.6 is 0 Å². The van der Waals surface area contributed by atoms with E-state index in [0.717, 1.165) is 19.6 Å². The van der Waals surface area contributed by atoms with Crippen LogP contribution in [0.3, 0.4) is 0 Å². The standard InChI is InChI=1S/C42H50F4N6O9/c1-20(2)37(48-24(7)28-15-14-25-12-10-11-13-29(25)50-28)42(58)51-31(18-34(55)60-9)40(56)52-38(21(3)4)41(57)49-23(6)22(5)47-30(17-33(54)59-8)32(53)19-61-39-35(45)26(43)16-27(44)36(39)46/h10-16,20-21,23,30-31,37-38,47-48H,5,7,17-19H2,1-4,6,8-9H3,(H,49,57)(H,51,58)(H,52,56)/t23-,30?,31-,37?,38?/m0/s1. The van der Waals surface area contributed by atoms with Crippen LogP contribution in [-0.2, 0) is 38.2 Å². The topological polar surface area (TPSA) is 203 Å². The number of nitrogens with zero attached hydrogens (tertiary/aromatic N) is 1. The summed E-state index contributed by atoms with van der Waals surface area (Å²) in [6, 6.07) is 4.72. The van der Waals surface area contributed by atoms with E-state index in [4.69, 9.17) is 9.47 Å². The Kier molecular flexibility index (Phi) is 17.8. The zero-order valence-electron chi connectivity index (χ0n) is 34.8. The Bertz CT molecular complexity index is 2120. The maximum Gasteiger partial charge on any atom is 0.308 e. The lowest BCUT2D eigenvalue weighted by molar-refractivity contribution is -0.144. The van der Waals surface area contributed by atoms with E-state index in [2.05, 4.69) is 49.5 Å². The molecule has 0 aliphatic rings. The average Bonchev–Trinajstić information content (AvgIpc) is 3.22. The molecule has 0 saturated heterocycles. The number of benzene rings is 2. The highest BCUT2D eigenvalue weighted by Crippen LogP contribution is 2.26. The van der Waals surface area contributed by atoms with Crippen molar-refractivity contribution in [3.63, 3.8) is 0 Å². The van der Waals surface area contributed by atoms with Crippen molar-refractivity contribution in [1.29, 1.82) is 0 Å². The van der Waals surface area contributed by atoms with Gasteiger partial charge < -0.3 is 40.8 Å². The van der Waals surface area contributed by atoms with Gasteiger partial charge in [0.1, 0.15) is 24.7 Å². The first-order valence-electron chi connectivity index (χ1n) is 19.0. The van der Waals surface area contributed by atoms with Gasteiger partial charge in [-0.1, -0.05) is 65.1 Å². The van der Waals surface area contributed by atoms with Crippen molar-refractivity contribution >= 4 is 52.0 Å². The van der Waals surface area contributed by atoms with E-state index >= 15 is 0 Å². The third kappa shape index (κ3) is 13.5. The van der Waals surface area contributed by atoms with E-state index in [-0.39, 0.29) is 17.7 Å². The molecule has 330 valence electrons. The summed E-state index contributed by atoms with van der Waals surface area (Å²) in [5.41, 5.74) is 1.45. The predicted octanol–water partition coefficient (Wildman–Crippen LogP) is 3.75. The molecule has 3 rings (SSSR count). The van der Waals surface area contributed by atoms with Crippen molar-refractivity contribution < 1.29 is 60.5 Å². The fourth-order valence-corrected chi connectivity index (χ4v) is 5.70. The number of pyridine rings is 1. The summed E-state index contributed by atoms with van der Waals surface area (Å²) >= 11 is 0. The van der Waals surface area contributed by atoms with Gasteiger partial charge in [0.15, 0.2) is 23.2 Å². The number of carbonyl (C=O) groups excluding carboxylic acids is 6. The van der Waals surface area contributed by atoms with Gasteiger partial charge in [-0.25, -0.2) is 13.8 Å². The molecule has 1 aromatic heterocycles. The highest BCUT2D eigenvalue weighted by atomic mass is 19.2. The molecule has 61 heavy (non-hydrogen) atoms. The SMILES string of the molecule is C=C(NC(C(=O)N[C@@H](CC(=O)OC)C(=O)NC(C(=O)N[C@@H](C)C(=C)NC(CC(=O)OC)C(=O)COc1c(F)c(F)cc(F)c1F)C(C)C)C(C)C)c1ccc2ccccc2n1. The number of halogens is 4. The zero-order valence-corrected chi connectivity index (χ0v) is 34.8. The Labute approximate surface area is 350 Å². The second-order valence-corrected chi connectivity index (χ2v) is 14.6. The van der Waals surface area contributed by atoms with Crippen LogP contribution in [0.25, 0.3) is 16.6 Å². The number of ether oxygens (including phenoxy) is 3. The summed E-state index contributed by atoms with van der Waals surface area (Å²) in [6.07, 6.45) is -1.26. The summed E-state index contributed by atoms with van der Waals surface area (Å²) < 4.78 is 69.7. The Balaban J connectivity index is 1.72. The van der Waals surface area contributed by atoms with Crippen LogP contribution in [0.2, 0.25) is 0 Å². The van der Waals surface area contributed by atoms with Crippen molar-refractivity contribution in [2.24, 2.45) is 11.8 Å². The minimum Gasteiger partial charge on any atom is -0.479 e. The van der Waals surface area contributed by atoms with Gasteiger partial charge in [0.25, 0.3) is 0 Å². The molecule has 0 bridgehead atoms. The smallest absolute Gasteiger partial charge is 0.308 e. The van der Waals surface area contributed by atoms with E-state index in [1.165, 1.54) is 6.92 Å². The van der Waals surface area contributed by atoms with Crippen molar-refractivity contribution in [2.75, 3.05) is 20.8 Å². The summed E-state index contributed by atoms with van der Waals surface area (Å²) in [6.45, 7) is 14.9. The lowest BCUT2D eigenvalue weighted by Crippen LogP contribution is -2.59. The molecule has 0 saturated carbocycles. The van der Waals surface area contributed by atoms with Crippen LogP contribution in [0.5, 0.6) is 5.75 Å². The number of Topliss-reactive ketones (excluding diaryl/α,β-unsaturated/α-hetero) is 1. The van der Waals surface area contributed by atoms with Crippen LogP contribution < -0.4 is 31.3 Å². The molecule has 15 nitrogen and oxygen atoms in total. The Morgan fingerprint density at radius 1 is 0.672 bits per heavy atom. The third-order valence-corrected chi connectivity index (χ3v) is 9.32. The Hall–Kier alpha value is -6.53. The zero-order chi connectivity index (χ0) is 45.7. The lowest BCUT2D eigenvalue weighted by Gasteiger charge is -2.29. The Morgan fingerprint density at radius 2 is 1.21 bits per heavy atom. The maximum atomic E-state index is 14.1. The van der Waals surface area contributed by atoms with Crippen molar-refractivity contribution in [3.05, 3.63) is 90.3 Å². The molecule has 19 heteroatoms. The number of fused-ring (bicyclic) bond motifs is 1. The largest absolute Gasteiger partial charge is 0.479 e. The number of ketones is 1. The second kappa shape index (κ2) is 22.2. The number of hydrogen-bond acceptors (Lipinski definition) is 12. The van der Waals surface area contributed by atoms with Gasteiger partial charge in [0, 0.05) is 17.1 Å². The van der Waals surface area contributed by atoms with Gasteiger partial charge in [-0.3, -0.25) is 28.8 Å². The highest BCUT2D eigenvalue weighted by molar-refractivity contribution is 5.96. The number of esters is 2. The molecule has 0 aliphatic heterocycles. The van der Waals surface area contributed by atoms with Crippen LogP contribution in [0.15, 0.2) is 61.3 Å². The fourth-order valence-electron chi connectivity index (χ4n) is 5.70. The lowest BCUT2D eigenvalue weighted by atomic mass is 10.0. The molecule has 3 unspecified atom stereocenters. The number of para-hydroxylation sites is 1. The number of rotatable bonds is 22. The first-order valence-corrected chi connectivity index (χ1v) is 19.0. The number of carbonyl (C=O) groups is 6. The molecule has 3 amide bonds. The molecule has 0 radical (unpaired) electrons. The molecular weight excluding hydrogens is 808 g/mol. The van der Waals surface area contributed by atoms with Gasteiger partial charge in [0.05, 0.1) is 56.1 Å². The quantitative estimate of drug-likeness (QED) is 0.0558. The van der Waals surface area contributed by atoms with Gasteiger partial charge in [-0.15, -0.1) is 0 Å². The number of hydrogen-bond donors (Lipinski definition) is 5. The third-order valence-electron chi connectivity index (χ3n) is 9.32. The normalized spacial score (nSPS) is 13.5. The first kappa shape index (κ1) is 48.8. The number of amides is 3. The summed E-state index contributed by atoms with van der Waals surface area (Å²) in [4.78, 5) is 83.3. The summed E-state index contributed by atoms with van der Waals surface area (Å²) in [5.74, 6) is -14.8. The maximum absolute atomic E-state index is 14.1. The fraction of sp³-hybridized carbons (Fsp3) is 0.405. The van der Waals surface area contributed by atoms with Gasteiger partial charge in [0.2, 0.25) is 29.4 Å². The van der Waals surface area contributed by atoms with E-state index in [1.807, 2.05) is 30.3 Å². The van der Waals surface area contributed by atoms with Crippen LogP contribution in [0.4, 0.5) is 17.6 Å².